The van der Waals surface area contributed by atoms with Gasteiger partial charge in [-0.15, -0.1) is 0 Å². The van der Waals surface area contributed by atoms with Gasteiger partial charge in [0.1, 0.15) is 0 Å². The Bertz CT molecular complexity index is 1610. The molecular formula is C27H26BrN3O6S. The van der Waals surface area contributed by atoms with Crippen molar-refractivity contribution in [3.8, 4) is 5.75 Å². The van der Waals surface area contributed by atoms with Crippen molar-refractivity contribution in [3.63, 3.8) is 0 Å². The summed E-state index contributed by atoms with van der Waals surface area (Å²) in [7, 11) is 1.30. The fourth-order valence-corrected chi connectivity index (χ4v) is 5.77. The van der Waals surface area contributed by atoms with Gasteiger partial charge in [0.25, 0.3) is 5.56 Å². The molecule has 2 atom stereocenters. The molecule has 1 aromatic heterocycles. The maximum Gasteiger partial charge on any atom is 0.338 e. The number of halogens is 1. The van der Waals surface area contributed by atoms with E-state index < -0.39 is 16.9 Å². The average Bonchev–Trinajstić information content (AvgIpc) is 3.22. The van der Waals surface area contributed by atoms with E-state index in [1.165, 1.54) is 17.7 Å². The van der Waals surface area contributed by atoms with E-state index in [0.717, 1.165) is 16.9 Å². The minimum Gasteiger partial charge on any atom is -0.483 e. The highest BCUT2D eigenvalue weighted by Gasteiger charge is 2.33. The third kappa shape index (κ3) is 5.21. The van der Waals surface area contributed by atoms with E-state index in [2.05, 4.69) is 20.9 Å². The minimum atomic E-state index is -0.718. The van der Waals surface area contributed by atoms with E-state index in [1.807, 2.05) is 51.1 Å². The molecule has 0 fully saturated rings. The standard InChI is InChI=1S/C27H26BrN3O6S/c1-5-15(3)37-24-18(28)12-16(13-20(24)31(34)35)14-21-25(32)30-23(17-10-8-7-9-11-17)22(26(33)36-4)19(6-2)29-27(30)38-21/h7-15,23H,5-6H2,1-4H3/b21-14+/t15-,23+/m0/s1. The van der Waals surface area contributed by atoms with Crippen LogP contribution in [0.4, 0.5) is 5.69 Å². The Balaban J connectivity index is 1.93. The summed E-state index contributed by atoms with van der Waals surface area (Å²) in [5, 5.41) is 11.8. The molecular weight excluding hydrogens is 574 g/mol. The molecule has 0 unspecified atom stereocenters. The van der Waals surface area contributed by atoms with E-state index in [-0.39, 0.29) is 23.1 Å². The van der Waals surface area contributed by atoms with Crippen LogP contribution in [0.2, 0.25) is 0 Å². The molecule has 0 N–H and O–H groups in total. The van der Waals surface area contributed by atoms with E-state index in [4.69, 9.17) is 9.47 Å². The van der Waals surface area contributed by atoms with Gasteiger partial charge in [0.05, 0.1) is 44.5 Å². The number of carbonyl (C=O) groups excluding carboxylic acids is 1. The second-order valence-corrected chi connectivity index (χ2v) is 10.5. The molecule has 3 aromatic rings. The lowest BCUT2D eigenvalue weighted by molar-refractivity contribution is -0.386. The summed E-state index contributed by atoms with van der Waals surface area (Å²) in [6.45, 7) is 5.65. The minimum absolute atomic E-state index is 0.141. The molecule has 2 heterocycles. The zero-order valence-corrected chi connectivity index (χ0v) is 23.7. The molecule has 1 aliphatic heterocycles. The first-order chi connectivity index (χ1) is 18.2. The number of esters is 1. The van der Waals surface area contributed by atoms with Gasteiger partial charge < -0.3 is 9.47 Å². The number of allylic oxidation sites excluding steroid dienone is 1. The van der Waals surface area contributed by atoms with E-state index in [0.29, 0.717) is 43.5 Å². The lowest BCUT2D eigenvalue weighted by atomic mass is 9.95. The largest absolute Gasteiger partial charge is 0.483 e. The highest BCUT2D eigenvalue weighted by atomic mass is 79.9. The second kappa shape index (κ2) is 11.4. The summed E-state index contributed by atoms with van der Waals surface area (Å²) >= 11 is 4.56. The fraction of sp³-hybridized carbons (Fsp3) is 0.296. The van der Waals surface area contributed by atoms with Crippen molar-refractivity contribution in [1.82, 2.24) is 4.57 Å². The molecule has 0 bridgehead atoms. The lowest BCUT2D eigenvalue weighted by Gasteiger charge is -2.25. The molecule has 0 radical (unpaired) electrons. The van der Waals surface area contributed by atoms with Crippen LogP contribution in [0.15, 0.2) is 68.0 Å². The number of benzene rings is 2. The molecule has 38 heavy (non-hydrogen) atoms. The first-order valence-electron chi connectivity index (χ1n) is 12.0. The lowest BCUT2D eigenvalue weighted by Crippen LogP contribution is -2.40. The highest BCUT2D eigenvalue weighted by Crippen LogP contribution is 2.37. The summed E-state index contributed by atoms with van der Waals surface area (Å²) < 4.78 is 13.1. The molecule has 1 aliphatic rings. The Morgan fingerprint density at radius 2 is 2.00 bits per heavy atom. The number of hydrogen-bond acceptors (Lipinski definition) is 8. The number of hydrogen-bond donors (Lipinski definition) is 0. The Hall–Kier alpha value is -3.57. The number of rotatable bonds is 8. The Labute approximate surface area is 231 Å². The summed E-state index contributed by atoms with van der Waals surface area (Å²) in [6, 6.07) is 11.6. The molecule has 198 valence electrons. The van der Waals surface area contributed by atoms with Crippen LogP contribution < -0.4 is 19.6 Å². The van der Waals surface area contributed by atoms with Crippen LogP contribution in [0, 0.1) is 10.1 Å². The van der Waals surface area contributed by atoms with Crippen molar-refractivity contribution in [3.05, 3.63) is 99.1 Å². The third-order valence-electron chi connectivity index (χ3n) is 6.20. The van der Waals surface area contributed by atoms with Crippen LogP contribution >= 0.6 is 27.3 Å². The number of aromatic nitrogens is 1. The van der Waals surface area contributed by atoms with Gasteiger partial charge in [0.2, 0.25) is 5.75 Å². The molecule has 9 nitrogen and oxygen atoms in total. The van der Waals surface area contributed by atoms with Gasteiger partial charge in [-0.2, -0.15) is 0 Å². The van der Waals surface area contributed by atoms with Crippen molar-refractivity contribution in [2.45, 2.75) is 45.8 Å². The normalized spacial score (nSPS) is 16.0. The first kappa shape index (κ1) is 27.5. The summed E-state index contributed by atoms with van der Waals surface area (Å²) in [5.41, 5.74) is 1.48. The number of methoxy groups -OCH3 is 1. The average molecular weight is 600 g/mol. The van der Waals surface area contributed by atoms with Gasteiger partial charge in [-0.1, -0.05) is 55.5 Å². The van der Waals surface area contributed by atoms with E-state index in [1.54, 1.807) is 12.1 Å². The van der Waals surface area contributed by atoms with Crippen molar-refractivity contribution < 1.29 is 19.2 Å². The first-order valence-corrected chi connectivity index (χ1v) is 13.6. The number of nitro groups is 1. The zero-order valence-electron chi connectivity index (χ0n) is 21.3. The third-order valence-corrected chi connectivity index (χ3v) is 7.77. The molecule has 0 spiro atoms. The molecule has 11 heteroatoms. The van der Waals surface area contributed by atoms with E-state index in [9.17, 15) is 19.7 Å². The van der Waals surface area contributed by atoms with Crippen LogP contribution in [-0.2, 0) is 9.53 Å². The fourth-order valence-electron chi connectivity index (χ4n) is 4.19. The SMILES string of the molecule is CCC1=C(C(=O)OC)[C@@H](c2ccccc2)n2c(s/c(=C/c3cc(Br)c(O[C@@H](C)CC)c([N+](=O)[O-])c3)c2=O)=N1. The van der Waals surface area contributed by atoms with Gasteiger partial charge in [0.15, 0.2) is 4.80 Å². The van der Waals surface area contributed by atoms with Gasteiger partial charge in [0, 0.05) is 6.07 Å². The predicted molar refractivity (Wildman–Crippen MR) is 148 cm³/mol. The van der Waals surface area contributed by atoms with Gasteiger partial charge in [-0.05, 0) is 59.0 Å². The number of thiazole rings is 1. The van der Waals surface area contributed by atoms with Crippen molar-refractivity contribution in [2.75, 3.05) is 7.11 Å². The van der Waals surface area contributed by atoms with Crippen molar-refractivity contribution >= 4 is 45.0 Å². The van der Waals surface area contributed by atoms with Crippen LogP contribution in [0.3, 0.4) is 0 Å². The van der Waals surface area contributed by atoms with Gasteiger partial charge in [-0.3, -0.25) is 19.5 Å². The summed E-state index contributed by atoms with van der Waals surface area (Å²) in [5.74, 6) is -0.410. The number of ether oxygens (including phenoxy) is 2. The number of fused-ring (bicyclic) bond motifs is 1. The van der Waals surface area contributed by atoms with Gasteiger partial charge in [-0.25, -0.2) is 9.79 Å². The number of nitrogens with zero attached hydrogens (tertiary/aromatic N) is 3. The predicted octanol–water partition coefficient (Wildman–Crippen LogP) is 4.65. The van der Waals surface area contributed by atoms with E-state index >= 15 is 0 Å². The molecule has 0 saturated carbocycles. The number of carbonyl (C=O) groups is 1. The topological polar surface area (TPSA) is 113 Å². The summed E-state index contributed by atoms with van der Waals surface area (Å²) in [6.07, 6.45) is 2.52. The Morgan fingerprint density at radius 3 is 2.61 bits per heavy atom. The molecule has 0 aliphatic carbocycles. The maximum absolute atomic E-state index is 13.7. The highest BCUT2D eigenvalue weighted by molar-refractivity contribution is 9.10. The van der Waals surface area contributed by atoms with Crippen LogP contribution in [0.25, 0.3) is 6.08 Å². The smallest absolute Gasteiger partial charge is 0.338 e. The Morgan fingerprint density at radius 1 is 1.29 bits per heavy atom. The summed E-state index contributed by atoms with van der Waals surface area (Å²) in [4.78, 5) is 43.0. The molecule has 0 saturated heterocycles. The van der Waals surface area contributed by atoms with Crippen molar-refractivity contribution in [1.29, 1.82) is 0 Å². The second-order valence-electron chi connectivity index (χ2n) is 8.64. The maximum atomic E-state index is 13.7. The number of nitro benzene ring substituents is 1. The molecule has 2 aromatic carbocycles. The quantitative estimate of drug-likeness (QED) is 0.212. The molecule has 4 rings (SSSR count). The van der Waals surface area contributed by atoms with Crippen LogP contribution in [0.5, 0.6) is 5.75 Å². The monoisotopic (exact) mass is 599 g/mol. The van der Waals surface area contributed by atoms with Crippen LogP contribution in [0.1, 0.15) is 50.8 Å². The zero-order chi connectivity index (χ0) is 27.6. The Kier molecular flexibility index (Phi) is 8.27. The van der Waals surface area contributed by atoms with Crippen LogP contribution in [-0.4, -0.2) is 28.7 Å². The van der Waals surface area contributed by atoms with Crippen molar-refractivity contribution in [2.24, 2.45) is 4.99 Å². The molecule has 0 amide bonds. The van der Waals surface area contributed by atoms with Gasteiger partial charge >= 0.3 is 11.7 Å².